The van der Waals surface area contributed by atoms with Crippen molar-refractivity contribution in [1.82, 2.24) is 24.5 Å². The minimum absolute atomic E-state index is 0.110. The summed E-state index contributed by atoms with van der Waals surface area (Å²) in [6.45, 7) is 3.79. The maximum Gasteiger partial charge on any atom is 0.315 e. The highest BCUT2D eigenvalue weighted by molar-refractivity contribution is 6.00. The Labute approximate surface area is 211 Å². The van der Waals surface area contributed by atoms with Crippen LogP contribution in [-0.4, -0.2) is 48.9 Å². The molecule has 0 spiro atoms. The zero-order valence-corrected chi connectivity index (χ0v) is 20.3. The fourth-order valence-electron chi connectivity index (χ4n) is 5.05. The number of likely N-dealkylation sites (tertiary alicyclic amines) is 1. The Morgan fingerprint density at radius 2 is 1.89 bits per heavy atom. The van der Waals surface area contributed by atoms with Gasteiger partial charge in [0, 0.05) is 47.5 Å². The second-order valence-corrected chi connectivity index (χ2v) is 9.27. The van der Waals surface area contributed by atoms with Crippen molar-refractivity contribution in [3.63, 3.8) is 0 Å². The van der Waals surface area contributed by atoms with Gasteiger partial charge in [0.1, 0.15) is 17.5 Å². The molecule has 4 aromatic rings. The largest absolute Gasteiger partial charge is 0.383 e. The lowest BCUT2D eigenvalue weighted by atomic mass is 9.86. The number of hydrogen-bond donors (Lipinski definition) is 2. The zero-order valence-electron chi connectivity index (χ0n) is 20.3. The van der Waals surface area contributed by atoms with E-state index >= 15 is 0 Å². The van der Waals surface area contributed by atoms with Crippen LogP contribution < -0.4 is 11.5 Å². The van der Waals surface area contributed by atoms with E-state index in [-0.39, 0.29) is 29.1 Å². The van der Waals surface area contributed by atoms with Crippen LogP contribution in [0.1, 0.15) is 48.7 Å². The molecular weight excluding hydrogens is 480 g/mol. The average molecular weight is 506 g/mol. The second-order valence-electron chi connectivity index (χ2n) is 9.27. The molecule has 4 heterocycles. The van der Waals surface area contributed by atoms with Crippen LogP contribution in [-0.2, 0) is 0 Å². The number of primary amides is 1. The van der Waals surface area contributed by atoms with Crippen LogP contribution in [0.2, 0.25) is 0 Å². The number of benzene rings is 1. The third kappa shape index (κ3) is 4.26. The van der Waals surface area contributed by atoms with Gasteiger partial charge in [-0.05, 0) is 44.9 Å². The number of halogens is 2. The number of aromatic nitrogens is 4. The molecule has 1 aromatic carbocycles. The summed E-state index contributed by atoms with van der Waals surface area (Å²) in [5.41, 5.74) is 15.1. The van der Waals surface area contributed by atoms with Crippen molar-refractivity contribution < 1.29 is 18.4 Å². The molecule has 0 radical (unpaired) electrons. The molecule has 3 aromatic heterocycles. The quantitative estimate of drug-likeness (QED) is 0.400. The van der Waals surface area contributed by atoms with Gasteiger partial charge in [-0.2, -0.15) is 9.61 Å². The van der Waals surface area contributed by atoms with Gasteiger partial charge in [0.15, 0.2) is 11.4 Å². The Morgan fingerprint density at radius 1 is 1.11 bits per heavy atom. The molecule has 1 aliphatic rings. The Kier molecular flexibility index (Phi) is 6.06. The van der Waals surface area contributed by atoms with Crippen LogP contribution in [0.25, 0.3) is 28.0 Å². The number of nitrogen functional groups attached to an aromatic ring is 1. The molecule has 1 saturated heterocycles. The molecule has 4 N–H and O–H groups in total. The molecule has 2 atom stereocenters. The lowest BCUT2D eigenvalue weighted by Crippen LogP contribution is -2.47. The van der Waals surface area contributed by atoms with E-state index in [1.807, 2.05) is 6.92 Å². The minimum Gasteiger partial charge on any atom is -0.383 e. The predicted molar refractivity (Wildman–Crippen MR) is 134 cm³/mol. The molecule has 9 nitrogen and oxygen atoms in total. The highest BCUT2D eigenvalue weighted by Gasteiger charge is 2.33. The molecule has 0 saturated carbocycles. The highest BCUT2D eigenvalue weighted by atomic mass is 19.1. The molecule has 190 valence electrons. The number of Topliss-reactive ketones (excluding diaryl/α,β-unsaturated/α-hetero) is 1. The van der Waals surface area contributed by atoms with Crippen LogP contribution in [0, 0.1) is 11.6 Å². The highest BCUT2D eigenvalue weighted by Crippen LogP contribution is 2.36. The third-order valence-corrected chi connectivity index (χ3v) is 6.89. The second kappa shape index (κ2) is 9.23. The fraction of sp³-hybridized carbons (Fsp3) is 0.269. The van der Waals surface area contributed by atoms with Crippen LogP contribution in [0.5, 0.6) is 0 Å². The van der Waals surface area contributed by atoms with Gasteiger partial charge in [-0.3, -0.25) is 9.78 Å². The van der Waals surface area contributed by atoms with Gasteiger partial charge >= 0.3 is 6.03 Å². The van der Waals surface area contributed by atoms with Crippen LogP contribution in [0.15, 0.2) is 42.7 Å². The van der Waals surface area contributed by atoms with E-state index in [0.717, 1.165) is 6.07 Å². The lowest BCUT2D eigenvalue weighted by molar-refractivity contribution is 0.101. The summed E-state index contributed by atoms with van der Waals surface area (Å²) in [4.78, 5) is 35.2. The smallest absolute Gasteiger partial charge is 0.315 e. The number of rotatable bonds is 4. The van der Waals surface area contributed by atoms with Crippen molar-refractivity contribution in [2.75, 3.05) is 12.3 Å². The van der Waals surface area contributed by atoms with Gasteiger partial charge in [0.05, 0.1) is 23.1 Å². The summed E-state index contributed by atoms with van der Waals surface area (Å²) in [5.74, 6) is -1.52. The number of nitrogens with two attached hydrogens (primary N) is 2. The van der Waals surface area contributed by atoms with E-state index in [1.165, 1.54) is 23.6 Å². The molecule has 0 bridgehead atoms. The predicted octanol–water partition coefficient (Wildman–Crippen LogP) is 4.17. The SMILES string of the molecule is CC(=O)c1c([C@@H]2CCN(C(N)=O)[C@@H](C)C2)nc2c(-c3ccc(-c4ccc(F)cc4F)nc3)cnn2c1N. The van der Waals surface area contributed by atoms with E-state index in [1.54, 1.807) is 29.4 Å². The summed E-state index contributed by atoms with van der Waals surface area (Å²) >= 11 is 0. The zero-order chi connectivity index (χ0) is 26.4. The Bertz CT molecular complexity index is 1530. The summed E-state index contributed by atoms with van der Waals surface area (Å²) in [5, 5.41) is 4.36. The van der Waals surface area contributed by atoms with Crippen molar-refractivity contribution in [1.29, 1.82) is 0 Å². The Morgan fingerprint density at radius 3 is 2.51 bits per heavy atom. The lowest BCUT2D eigenvalue weighted by Gasteiger charge is -2.36. The van der Waals surface area contributed by atoms with Crippen molar-refractivity contribution in [3.8, 4) is 22.4 Å². The number of carbonyl (C=O) groups excluding carboxylic acids is 2. The number of anilines is 1. The monoisotopic (exact) mass is 505 g/mol. The van der Waals surface area contributed by atoms with E-state index in [0.29, 0.717) is 53.1 Å². The number of fused-ring (bicyclic) bond motifs is 1. The summed E-state index contributed by atoms with van der Waals surface area (Å²) in [7, 11) is 0. The number of urea groups is 1. The average Bonchev–Trinajstić information content (AvgIpc) is 3.28. The van der Waals surface area contributed by atoms with Crippen molar-refractivity contribution >= 4 is 23.3 Å². The standard InChI is InChI=1S/C26H25F2N7O2/c1-13-9-15(7-8-34(13)26(30)37)23-22(14(2)36)24(29)35-25(33-23)19(12-32-35)16-3-6-21(31-11-16)18-5-4-17(27)10-20(18)28/h3-6,10-13,15H,7-9,29H2,1-2H3,(H2,30,37)/t13-,15+/m0/s1. The minimum atomic E-state index is -0.705. The van der Waals surface area contributed by atoms with Gasteiger partial charge in [-0.15, -0.1) is 0 Å². The first-order valence-electron chi connectivity index (χ1n) is 11.8. The number of piperidine rings is 1. The van der Waals surface area contributed by atoms with Gasteiger partial charge < -0.3 is 16.4 Å². The number of pyridine rings is 1. The van der Waals surface area contributed by atoms with Crippen LogP contribution in [0.4, 0.5) is 19.4 Å². The molecule has 2 amide bonds. The number of carbonyl (C=O) groups is 2. The Balaban J connectivity index is 1.57. The topological polar surface area (TPSA) is 132 Å². The van der Waals surface area contributed by atoms with Gasteiger partial charge in [0.25, 0.3) is 0 Å². The molecule has 0 unspecified atom stereocenters. The first kappa shape index (κ1) is 24.3. The maximum absolute atomic E-state index is 14.2. The number of hydrogen-bond acceptors (Lipinski definition) is 6. The molecule has 5 rings (SSSR count). The molecule has 0 aliphatic carbocycles. The first-order valence-corrected chi connectivity index (χ1v) is 11.8. The Hall–Kier alpha value is -4.41. The summed E-state index contributed by atoms with van der Waals surface area (Å²) in [6.07, 6.45) is 4.30. The van der Waals surface area contributed by atoms with Gasteiger partial charge in [0.2, 0.25) is 0 Å². The maximum atomic E-state index is 14.2. The molecule has 1 fully saturated rings. The van der Waals surface area contributed by atoms with Gasteiger partial charge in [-0.25, -0.2) is 18.6 Å². The number of nitrogens with zero attached hydrogens (tertiary/aromatic N) is 5. The summed E-state index contributed by atoms with van der Waals surface area (Å²) < 4.78 is 28.9. The molecule has 1 aliphatic heterocycles. The van der Waals surface area contributed by atoms with Crippen molar-refractivity contribution in [3.05, 3.63) is 65.6 Å². The van der Waals surface area contributed by atoms with Crippen LogP contribution >= 0.6 is 0 Å². The summed E-state index contributed by atoms with van der Waals surface area (Å²) in [6, 6.07) is 6.10. The number of ketones is 1. The number of amides is 2. The fourth-order valence-corrected chi connectivity index (χ4v) is 5.05. The first-order chi connectivity index (χ1) is 17.7. The van der Waals surface area contributed by atoms with Gasteiger partial charge in [-0.1, -0.05) is 6.07 Å². The van der Waals surface area contributed by atoms with Crippen molar-refractivity contribution in [2.24, 2.45) is 5.73 Å². The molecule has 11 heteroatoms. The van der Waals surface area contributed by atoms with E-state index in [4.69, 9.17) is 16.5 Å². The normalized spacial score (nSPS) is 17.8. The third-order valence-electron chi connectivity index (χ3n) is 6.89. The van der Waals surface area contributed by atoms with E-state index in [2.05, 4.69) is 10.1 Å². The van der Waals surface area contributed by atoms with E-state index < -0.39 is 17.7 Å². The van der Waals surface area contributed by atoms with Crippen molar-refractivity contribution in [2.45, 2.75) is 38.6 Å². The molecular formula is C26H25F2N7O2. The van der Waals surface area contributed by atoms with Crippen LogP contribution in [0.3, 0.4) is 0 Å². The van der Waals surface area contributed by atoms with E-state index in [9.17, 15) is 18.4 Å². The molecule has 37 heavy (non-hydrogen) atoms.